The van der Waals surface area contributed by atoms with Crippen molar-refractivity contribution in [1.29, 1.82) is 0 Å². The monoisotopic (exact) mass is 367 g/mol. The lowest BCUT2D eigenvalue weighted by Gasteiger charge is -2.17. The molecule has 0 fully saturated rings. The number of pyridine rings is 1. The number of nitrogens with zero attached hydrogens (tertiary/aromatic N) is 2. The third-order valence-electron chi connectivity index (χ3n) is 3.78. The Morgan fingerprint density at radius 3 is 2.81 bits per heavy atom. The molecule has 1 N–H and O–H groups in total. The summed E-state index contributed by atoms with van der Waals surface area (Å²) < 4.78 is 5.08. The highest BCUT2D eigenvalue weighted by molar-refractivity contribution is 7.10. The number of hydrogen-bond acceptors (Lipinski definition) is 6. The van der Waals surface area contributed by atoms with Gasteiger partial charge in [-0.2, -0.15) is 0 Å². The van der Waals surface area contributed by atoms with Gasteiger partial charge in [-0.05, 0) is 17.7 Å². The van der Waals surface area contributed by atoms with Crippen LogP contribution >= 0.6 is 11.3 Å². The Bertz CT molecular complexity index is 896. The van der Waals surface area contributed by atoms with Crippen LogP contribution in [0, 0.1) is 0 Å². The Morgan fingerprint density at radius 2 is 2.08 bits per heavy atom. The minimum atomic E-state index is -0.210. The average molecular weight is 367 g/mol. The molecule has 2 heterocycles. The van der Waals surface area contributed by atoms with Crippen molar-refractivity contribution in [2.75, 3.05) is 11.9 Å². The van der Waals surface area contributed by atoms with Crippen molar-refractivity contribution in [2.45, 2.75) is 12.8 Å². The number of amides is 1. The second kappa shape index (κ2) is 8.35. The number of nitrogens with one attached hydrogen (secondary N) is 1. The molecule has 6 nitrogen and oxygen atoms in total. The molecule has 1 atom stereocenters. The van der Waals surface area contributed by atoms with Gasteiger partial charge in [0.15, 0.2) is 0 Å². The van der Waals surface area contributed by atoms with E-state index < -0.39 is 0 Å². The molecule has 0 radical (unpaired) electrons. The van der Waals surface area contributed by atoms with E-state index in [1.165, 1.54) is 18.3 Å². The summed E-state index contributed by atoms with van der Waals surface area (Å²) in [5.74, 6) is 0.0494. The van der Waals surface area contributed by atoms with Gasteiger partial charge in [0.05, 0.1) is 17.1 Å². The molecule has 132 valence electrons. The molecule has 1 unspecified atom stereocenters. The second-order valence-corrected chi connectivity index (χ2v) is 6.46. The van der Waals surface area contributed by atoms with Crippen LogP contribution in [0.4, 0.5) is 5.82 Å². The first kappa shape index (κ1) is 17.8. The quantitative estimate of drug-likeness (QED) is 0.647. The fraction of sp³-hybridized carbons (Fsp3) is 0.158. The molecular weight excluding hydrogens is 350 g/mol. The van der Waals surface area contributed by atoms with Gasteiger partial charge in [-0.25, -0.2) is 9.97 Å². The number of benzene rings is 1. The second-order valence-electron chi connectivity index (χ2n) is 5.57. The molecule has 3 aromatic rings. The lowest BCUT2D eigenvalue weighted by molar-refractivity contribution is -0.128. The summed E-state index contributed by atoms with van der Waals surface area (Å²) >= 11 is 1.50. The summed E-state index contributed by atoms with van der Waals surface area (Å²) in [7, 11) is 0. The first-order valence-corrected chi connectivity index (χ1v) is 8.84. The summed E-state index contributed by atoms with van der Waals surface area (Å²) in [5, 5.41) is 2.68. The van der Waals surface area contributed by atoms with E-state index in [9.17, 15) is 9.59 Å². The highest BCUT2D eigenvalue weighted by Crippen LogP contribution is 2.36. The van der Waals surface area contributed by atoms with Crippen molar-refractivity contribution < 1.29 is 14.3 Å². The third-order valence-corrected chi connectivity index (χ3v) is 4.72. The van der Waals surface area contributed by atoms with Crippen molar-refractivity contribution >= 4 is 29.5 Å². The van der Waals surface area contributed by atoms with Crippen LogP contribution in [-0.4, -0.2) is 29.0 Å². The lowest BCUT2D eigenvalue weighted by atomic mass is 9.96. The molecule has 0 saturated carbocycles. The maximum Gasteiger partial charge on any atom is 0.293 e. The SMILES string of the molecule is CC(=O)Nc1cc(C(COC=O)c2scnc2-c2ccccc2)ccn1. The highest BCUT2D eigenvalue weighted by Gasteiger charge is 2.22. The summed E-state index contributed by atoms with van der Waals surface area (Å²) in [6.45, 7) is 2.04. The van der Waals surface area contributed by atoms with E-state index in [0.29, 0.717) is 12.3 Å². The van der Waals surface area contributed by atoms with E-state index in [1.807, 2.05) is 36.4 Å². The topological polar surface area (TPSA) is 81.2 Å². The smallest absolute Gasteiger partial charge is 0.293 e. The number of hydrogen-bond donors (Lipinski definition) is 1. The maximum atomic E-state index is 11.3. The molecule has 26 heavy (non-hydrogen) atoms. The van der Waals surface area contributed by atoms with Gasteiger partial charge in [0, 0.05) is 23.6 Å². The van der Waals surface area contributed by atoms with Crippen LogP contribution in [-0.2, 0) is 14.3 Å². The molecule has 0 spiro atoms. The van der Waals surface area contributed by atoms with Gasteiger partial charge in [0.2, 0.25) is 5.91 Å². The van der Waals surface area contributed by atoms with Crippen molar-refractivity contribution in [2.24, 2.45) is 0 Å². The zero-order valence-corrected chi connectivity index (χ0v) is 14.9. The molecule has 0 saturated heterocycles. The van der Waals surface area contributed by atoms with Crippen LogP contribution in [0.5, 0.6) is 0 Å². The largest absolute Gasteiger partial charge is 0.467 e. The third kappa shape index (κ3) is 4.12. The van der Waals surface area contributed by atoms with Crippen LogP contribution in [0.25, 0.3) is 11.3 Å². The molecule has 0 aliphatic heterocycles. The van der Waals surface area contributed by atoms with Crippen LogP contribution in [0.1, 0.15) is 23.3 Å². The Kier molecular flexibility index (Phi) is 5.70. The Morgan fingerprint density at radius 1 is 1.27 bits per heavy atom. The van der Waals surface area contributed by atoms with Gasteiger partial charge in [-0.1, -0.05) is 30.3 Å². The fourth-order valence-electron chi connectivity index (χ4n) is 2.69. The zero-order valence-electron chi connectivity index (χ0n) is 14.1. The number of rotatable bonds is 7. The van der Waals surface area contributed by atoms with Crippen molar-refractivity contribution in [1.82, 2.24) is 9.97 Å². The Labute approximate surface area is 154 Å². The van der Waals surface area contributed by atoms with Gasteiger partial charge in [-0.3, -0.25) is 9.59 Å². The number of anilines is 1. The number of ether oxygens (including phenoxy) is 1. The highest BCUT2D eigenvalue weighted by atomic mass is 32.1. The molecule has 0 aliphatic rings. The van der Waals surface area contributed by atoms with Gasteiger partial charge in [0.25, 0.3) is 6.47 Å². The first-order valence-electron chi connectivity index (χ1n) is 7.96. The summed E-state index contributed by atoms with van der Waals surface area (Å²) in [6.07, 6.45) is 1.62. The summed E-state index contributed by atoms with van der Waals surface area (Å²) in [6, 6.07) is 13.5. The molecule has 0 bridgehead atoms. The minimum Gasteiger partial charge on any atom is -0.467 e. The summed E-state index contributed by atoms with van der Waals surface area (Å²) in [5.41, 5.74) is 4.51. The van der Waals surface area contributed by atoms with Crippen molar-refractivity contribution in [3.63, 3.8) is 0 Å². The van der Waals surface area contributed by atoms with Gasteiger partial charge in [-0.15, -0.1) is 11.3 Å². The van der Waals surface area contributed by atoms with Crippen LogP contribution < -0.4 is 5.32 Å². The van der Waals surface area contributed by atoms with E-state index in [-0.39, 0.29) is 18.4 Å². The average Bonchev–Trinajstić information content (AvgIpc) is 3.12. The van der Waals surface area contributed by atoms with Crippen LogP contribution in [0.3, 0.4) is 0 Å². The predicted molar refractivity (Wildman–Crippen MR) is 99.9 cm³/mol. The van der Waals surface area contributed by atoms with Crippen molar-refractivity contribution in [3.8, 4) is 11.3 Å². The summed E-state index contributed by atoms with van der Waals surface area (Å²) in [4.78, 5) is 31.7. The molecule has 1 aromatic carbocycles. The predicted octanol–water partition coefficient (Wildman–Crippen LogP) is 3.47. The van der Waals surface area contributed by atoms with Gasteiger partial charge >= 0.3 is 0 Å². The van der Waals surface area contributed by atoms with Crippen LogP contribution in [0.2, 0.25) is 0 Å². The molecule has 7 heteroatoms. The van der Waals surface area contributed by atoms with E-state index >= 15 is 0 Å². The van der Waals surface area contributed by atoms with E-state index in [1.54, 1.807) is 17.8 Å². The number of carbonyl (C=O) groups excluding carboxylic acids is 2. The normalized spacial score (nSPS) is 11.6. The lowest BCUT2D eigenvalue weighted by Crippen LogP contribution is -2.12. The fourth-order valence-corrected chi connectivity index (χ4v) is 3.61. The number of thiazole rings is 1. The van der Waals surface area contributed by atoms with Crippen LogP contribution in [0.15, 0.2) is 54.2 Å². The van der Waals surface area contributed by atoms with Gasteiger partial charge < -0.3 is 10.1 Å². The molecule has 1 amide bonds. The standard InChI is InChI=1S/C19H17N3O3S/c1-13(24)22-17-9-15(7-8-20-17)16(10-25-12-23)19-18(21-11-26-19)14-5-3-2-4-6-14/h2-9,11-12,16H,10H2,1H3,(H,20,22,24). The number of carbonyl (C=O) groups is 2. The van der Waals surface area contributed by atoms with Gasteiger partial charge in [0.1, 0.15) is 12.4 Å². The number of aromatic nitrogens is 2. The molecular formula is C19H17N3O3S. The first-order chi connectivity index (χ1) is 12.7. The molecule has 2 aromatic heterocycles. The van der Waals surface area contributed by atoms with E-state index in [2.05, 4.69) is 15.3 Å². The van der Waals surface area contributed by atoms with E-state index in [4.69, 9.17) is 4.74 Å². The zero-order chi connectivity index (χ0) is 18.4. The molecule has 0 aliphatic carbocycles. The van der Waals surface area contributed by atoms with Crippen molar-refractivity contribution in [3.05, 3.63) is 64.6 Å². The Hall–Kier alpha value is -3.06. The maximum absolute atomic E-state index is 11.3. The minimum absolute atomic E-state index is 0.176. The van der Waals surface area contributed by atoms with E-state index in [0.717, 1.165) is 21.7 Å². The molecule has 3 rings (SSSR count). The Balaban J connectivity index is 2.01.